The van der Waals surface area contributed by atoms with E-state index >= 15 is 0 Å². The van der Waals surface area contributed by atoms with E-state index in [1.54, 1.807) is 13.2 Å². The number of methoxy groups -OCH3 is 1. The number of hydrogen-bond acceptors (Lipinski definition) is 5. The predicted molar refractivity (Wildman–Crippen MR) is 74.4 cm³/mol. The molecule has 2 atom stereocenters. The van der Waals surface area contributed by atoms with E-state index in [4.69, 9.17) is 9.26 Å². The second-order valence-corrected chi connectivity index (χ2v) is 5.14. The summed E-state index contributed by atoms with van der Waals surface area (Å²) in [5, 5.41) is 7.34. The minimum atomic E-state index is -0.0529. The van der Waals surface area contributed by atoms with Crippen molar-refractivity contribution >= 4 is 5.91 Å². The molecule has 1 saturated heterocycles. The Morgan fingerprint density at radius 3 is 3.00 bits per heavy atom. The van der Waals surface area contributed by atoms with Crippen LogP contribution in [0.15, 0.2) is 10.6 Å². The number of carbonyl (C=O) groups is 1. The largest absolute Gasteiger partial charge is 0.377 e. The Labute approximate surface area is 119 Å². The third-order valence-corrected chi connectivity index (χ3v) is 3.79. The van der Waals surface area contributed by atoms with Crippen LogP contribution in [0.5, 0.6) is 0 Å². The number of hydrogen-bond donors (Lipinski definition) is 1. The molecule has 1 N–H and O–H groups in total. The molecule has 0 aliphatic carbocycles. The maximum Gasteiger partial charge on any atom is 0.276 e. The molecule has 1 amide bonds. The van der Waals surface area contributed by atoms with Crippen molar-refractivity contribution < 1.29 is 14.1 Å². The van der Waals surface area contributed by atoms with Crippen molar-refractivity contribution in [2.75, 3.05) is 20.2 Å². The molecule has 20 heavy (non-hydrogen) atoms. The van der Waals surface area contributed by atoms with E-state index in [2.05, 4.69) is 24.3 Å². The van der Waals surface area contributed by atoms with Crippen molar-refractivity contribution in [2.24, 2.45) is 0 Å². The van der Waals surface area contributed by atoms with Crippen LogP contribution in [-0.2, 0) is 11.3 Å². The molecule has 2 heterocycles. The first-order valence-electron chi connectivity index (χ1n) is 7.18. The van der Waals surface area contributed by atoms with Gasteiger partial charge in [0.2, 0.25) is 0 Å². The van der Waals surface area contributed by atoms with E-state index in [0.717, 1.165) is 25.9 Å². The third kappa shape index (κ3) is 3.19. The van der Waals surface area contributed by atoms with Crippen molar-refractivity contribution in [1.82, 2.24) is 15.4 Å². The fraction of sp³-hybridized carbons (Fsp3) is 0.714. The lowest BCUT2D eigenvalue weighted by Crippen LogP contribution is -2.57. The van der Waals surface area contributed by atoms with Gasteiger partial charge in [-0.15, -0.1) is 0 Å². The Kier molecular flexibility index (Phi) is 5.14. The summed E-state index contributed by atoms with van der Waals surface area (Å²) in [4.78, 5) is 14.5. The minimum absolute atomic E-state index is 0.0529. The highest BCUT2D eigenvalue weighted by atomic mass is 16.5. The molecule has 1 aromatic rings. The number of nitrogens with one attached hydrogen (secondary N) is 1. The van der Waals surface area contributed by atoms with Crippen LogP contribution in [0, 0.1) is 0 Å². The van der Waals surface area contributed by atoms with Crippen LogP contribution in [0.1, 0.15) is 42.9 Å². The second-order valence-electron chi connectivity index (χ2n) is 5.14. The first kappa shape index (κ1) is 15.0. The van der Waals surface area contributed by atoms with Crippen molar-refractivity contribution in [3.05, 3.63) is 17.5 Å². The summed E-state index contributed by atoms with van der Waals surface area (Å²) in [7, 11) is 1.58. The summed E-state index contributed by atoms with van der Waals surface area (Å²) in [6, 6.07) is 2.24. The first-order chi connectivity index (χ1) is 9.69. The topological polar surface area (TPSA) is 67.6 Å². The number of amides is 1. The highest BCUT2D eigenvalue weighted by Gasteiger charge is 2.31. The Morgan fingerprint density at radius 1 is 1.55 bits per heavy atom. The molecule has 2 rings (SSSR count). The predicted octanol–water partition coefficient (Wildman–Crippen LogP) is 1.42. The zero-order chi connectivity index (χ0) is 14.5. The van der Waals surface area contributed by atoms with Crippen LogP contribution in [0.2, 0.25) is 0 Å². The van der Waals surface area contributed by atoms with Crippen LogP contribution < -0.4 is 5.32 Å². The van der Waals surface area contributed by atoms with Crippen LogP contribution in [0.25, 0.3) is 0 Å². The van der Waals surface area contributed by atoms with Crippen molar-refractivity contribution in [3.63, 3.8) is 0 Å². The normalized spacial score (nSPS) is 23.1. The molecule has 0 bridgehead atoms. The maximum absolute atomic E-state index is 12.6. The van der Waals surface area contributed by atoms with Crippen molar-refractivity contribution in [1.29, 1.82) is 0 Å². The van der Waals surface area contributed by atoms with E-state index in [1.165, 1.54) is 0 Å². The van der Waals surface area contributed by atoms with Gasteiger partial charge < -0.3 is 19.5 Å². The zero-order valence-corrected chi connectivity index (χ0v) is 12.4. The fourth-order valence-electron chi connectivity index (χ4n) is 2.52. The molecule has 1 aromatic heterocycles. The van der Waals surface area contributed by atoms with Gasteiger partial charge >= 0.3 is 0 Å². The average Bonchev–Trinajstić information content (AvgIpc) is 2.94. The summed E-state index contributed by atoms with van der Waals surface area (Å²) < 4.78 is 10.1. The standard InChI is InChI=1S/C14H23N3O3/c1-4-10-8-17(11(5-2)7-15-10)14(18)13-6-12(9-19-3)20-16-13/h6,10-11,15H,4-5,7-9H2,1-3H3. The molecule has 6 heteroatoms. The van der Waals surface area contributed by atoms with Gasteiger partial charge in [0.1, 0.15) is 6.61 Å². The Hall–Kier alpha value is -1.40. The fourth-order valence-corrected chi connectivity index (χ4v) is 2.52. The molecule has 1 aliphatic heterocycles. The third-order valence-electron chi connectivity index (χ3n) is 3.79. The highest BCUT2D eigenvalue weighted by molar-refractivity contribution is 5.92. The van der Waals surface area contributed by atoms with Gasteiger partial charge in [-0.05, 0) is 12.8 Å². The Balaban J connectivity index is 2.11. The minimum Gasteiger partial charge on any atom is -0.377 e. The van der Waals surface area contributed by atoms with Crippen molar-refractivity contribution in [3.8, 4) is 0 Å². The molecule has 0 radical (unpaired) electrons. The smallest absolute Gasteiger partial charge is 0.276 e. The van der Waals surface area contributed by atoms with Crippen LogP contribution in [0.4, 0.5) is 0 Å². The lowest BCUT2D eigenvalue weighted by Gasteiger charge is -2.39. The Morgan fingerprint density at radius 2 is 2.35 bits per heavy atom. The first-order valence-corrected chi connectivity index (χ1v) is 7.18. The molecule has 1 aliphatic rings. The Bertz CT molecular complexity index is 447. The van der Waals surface area contributed by atoms with Crippen LogP contribution in [0.3, 0.4) is 0 Å². The zero-order valence-electron chi connectivity index (χ0n) is 12.4. The van der Waals surface area contributed by atoms with E-state index in [0.29, 0.717) is 24.1 Å². The van der Waals surface area contributed by atoms with Crippen LogP contribution >= 0.6 is 0 Å². The van der Waals surface area contributed by atoms with Gasteiger partial charge in [-0.1, -0.05) is 19.0 Å². The summed E-state index contributed by atoms with van der Waals surface area (Å²) in [6.07, 6.45) is 1.94. The molecular formula is C14H23N3O3. The van der Waals surface area contributed by atoms with Gasteiger partial charge in [0.15, 0.2) is 11.5 Å². The van der Waals surface area contributed by atoms with Gasteiger partial charge in [-0.3, -0.25) is 4.79 Å². The van der Waals surface area contributed by atoms with Crippen LogP contribution in [-0.4, -0.2) is 48.2 Å². The maximum atomic E-state index is 12.6. The van der Waals surface area contributed by atoms with Crippen molar-refractivity contribution in [2.45, 2.75) is 45.4 Å². The van der Waals surface area contributed by atoms with E-state index in [1.807, 2.05) is 4.90 Å². The molecule has 6 nitrogen and oxygen atoms in total. The molecule has 0 saturated carbocycles. The van der Waals surface area contributed by atoms with Gasteiger partial charge in [0, 0.05) is 38.3 Å². The monoisotopic (exact) mass is 281 g/mol. The molecule has 1 fully saturated rings. The van der Waals surface area contributed by atoms with E-state index < -0.39 is 0 Å². The SMILES string of the molecule is CCC1CN(C(=O)c2cc(COC)on2)C(CC)CN1. The van der Waals surface area contributed by atoms with E-state index in [9.17, 15) is 4.79 Å². The molecule has 0 aromatic carbocycles. The number of rotatable bonds is 5. The van der Waals surface area contributed by atoms with Gasteiger partial charge in [0.25, 0.3) is 5.91 Å². The molecule has 0 spiro atoms. The summed E-state index contributed by atoms with van der Waals surface area (Å²) >= 11 is 0. The number of ether oxygens (including phenoxy) is 1. The number of carbonyl (C=O) groups excluding carboxylic acids is 1. The van der Waals surface area contributed by atoms with Gasteiger partial charge in [-0.25, -0.2) is 0 Å². The lowest BCUT2D eigenvalue weighted by atomic mass is 10.0. The van der Waals surface area contributed by atoms with Gasteiger partial charge in [0.05, 0.1) is 0 Å². The summed E-state index contributed by atoms with van der Waals surface area (Å²) in [6.45, 7) is 6.11. The molecule has 2 unspecified atom stereocenters. The molecule has 112 valence electrons. The summed E-state index contributed by atoms with van der Waals surface area (Å²) in [5.74, 6) is 0.522. The number of piperazine rings is 1. The van der Waals surface area contributed by atoms with Gasteiger partial charge in [-0.2, -0.15) is 0 Å². The number of aromatic nitrogens is 1. The molecular weight excluding hydrogens is 258 g/mol. The second kappa shape index (κ2) is 6.85. The quantitative estimate of drug-likeness (QED) is 0.884. The average molecular weight is 281 g/mol. The van der Waals surface area contributed by atoms with E-state index in [-0.39, 0.29) is 11.9 Å². The lowest BCUT2D eigenvalue weighted by molar-refractivity contribution is 0.0565. The highest BCUT2D eigenvalue weighted by Crippen LogP contribution is 2.16. The number of nitrogens with zero attached hydrogens (tertiary/aromatic N) is 2. The summed E-state index contributed by atoms with van der Waals surface area (Å²) in [5.41, 5.74) is 0.368.